The Morgan fingerprint density at radius 2 is 1.83 bits per heavy atom. The Kier molecular flexibility index (Phi) is 4.58. The summed E-state index contributed by atoms with van der Waals surface area (Å²) in [6, 6.07) is 18.7. The van der Waals surface area contributed by atoms with Gasteiger partial charge in [-0.05, 0) is 30.3 Å². The van der Waals surface area contributed by atoms with Crippen molar-refractivity contribution in [2.24, 2.45) is 0 Å². The Morgan fingerprint density at radius 3 is 2.52 bits per heavy atom. The number of nitriles is 1. The van der Waals surface area contributed by atoms with E-state index in [2.05, 4.69) is 6.07 Å². The number of amides is 1. The largest absolute Gasteiger partial charge is 0.490 e. The zero-order valence-electron chi connectivity index (χ0n) is 12.8. The number of hydrogen-bond acceptors (Lipinski definition) is 3. The number of piperidine rings is 1. The first-order valence-electron chi connectivity index (χ1n) is 7.77. The number of rotatable bonds is 3. The second-order valence-corrected chi connectivity index (χ2v) is 5.62. The highest BCUT2D eigenvalue weighted by Crippen LogP contribution is 2.20. The molecule has 2 aromatic carbocycles. The number of ether oxygens (including phenoxy) is 1. The van der Waals surface area contributed by atoms with Crippen LogP contribution >= 0.6 is 0 Å². The number of likely N-dealkylation sites (tertiary alicyclic amines) is 1. The van der Waals surface area contributed by atoms with Crippen LogP contribution < -0.4 is 4.74 Å². The van der Waals surface area contributed by atoms with Gasteiger partial charge in [0.15, 0.2) is 0 Å². The fourth-order valence-corrected chi connectivity index (χ4v) is 2.77. The van der Waals surface area contributed by atoms with Crippen LogP contribution in [0, 0.1) is 11.3 Å². The van der Waals surface area contributed by atoms with E-state index < -0.39 is 0 Å². The van der Waals surface area contributed by atoms with Crippen molar-refractivity contribution in [3.8, 4) is 11.8 Å². The monoisotopic (exact) mass is 306 g/mol. The van der Waals surface area contributed by atoms with Crippen molar-refractivity contribution in [1.29, 1.82) is 5.26 Å². The van der Waals surface area contributed by atoms with Gasteiger partial charge in [-0.1, -0.05) is 24.3 Å². The fourth-order valence-electron chi connectivity index (χ4n) is 2.77. The zero-order valence-corrected chi connectivity index (χ0v) is 12.8. The summed E-state index contributed by atoms with van der Waals surface area (Å²) in [6.07, 6.45) is 1.78. The van der Waals surface area contributed by atoms with Gasteiger partial charge in [0.2, 0.25) is 0 Å². The molecule has 4 heteroatoms. The summed E-state index contributed by atoms with van der Waals surface area (Å²) in [5, 5.41) is 8.94. The molecule has 23 heavy (non-hydrogen) atoms. The van der Waals surface area contributed by atoms with E-state index in [0.717, 1.165) is 18.6 Å². The van der Waals surface area contributed by atoms with Crippen LogP contribution in [0.5, 0.6) is 5.75 Å². The second kappa shape index (κ2) is 6.97. The number of para-hydroxylation sites is 1. The first-order valence-corrected chi connectivity index (χ1v) is 7.77. The van der Waals surface area contributed by atoms with Crippen LogP contribution in [0.4, 0.5) is 0 Å². The molecule has 0 radical (unpaired) electrons. The molecule has 0 aliphatic carbocycles. The van der Waals surface area contributed by atoms with Crippen LogP contribution in [-0.4, -0.2) is 30.0 Å². The smallest absolute Gasteiger partial charge is 0.253 e. The molecule has 0 atom stereocenters. The molecule has 1 saturated heterocycles. The third-order valence-corrected chi connectivity index (χ3v) is 4.01. The van der Waals surface area contributed by atoms with Crippen LogP contribution in [0.2, 0.25) is 0 Å². The first-order chi connectivity index (χ1) is 11.3. The van der Waals surface area contributed by atoms with E-state index in [1.807, 2.05) is 35.2 Å². The van der Waals surface area contributed by atoms with Gasteiger partial charge in [0.25, 0.3) is 5.91 Å². The molecule has 4 nitrogen and oxygen atoms in total. The molecule has 0 aromatic heterocycles. The maximum absolute atomic E-state index is 12.5. The van der Waals surface area contributed by atoms with E-state index in [0.29, 0.717) is 24.2 Å². The molecule has 116 valence electrons. The minimum Gasteiger partial charge on any atom is -0.490 e. The minimum atomic E-state index is -0.0136. The predicted molar refractivity (Wildman–Crippen MR) is 87.2 cm³/mol. The Balaban J connectivity index is 1.58. The van der Waals surface area contributed by atoms with Crippen LogP contribution in [0.25, 0.3) is 0 Å². The summed E-state index contributed by atoms with van der Waals surface area (Å²) in [5.41, 5.74) is 1.09. The van der Waals surface area contributed by atoms with Gasteiger partial charge < -0.3 is 9.64 Å². The molecule has 2 aromatic rings. The van der Waals surface area contributed by atoms with Gasteiger partial charge in [-0.2, -0.15) is 5.26 Å². The summed E-state index contributed by atoms with van der Waals surface area (Å²) in [5.74, 6) is 0.860. The van der Waals surface area contributed by atoms with Gasteiger partial charge in [-0.3, -0.25) is 4.79 Å². The number of hydrogen-bond donors (Lipinski definition) is 0. The minimum absolute atomic E-state index is 0.0136. The van der Waals surface area contributed by atoms with Gasteiger partial charge in [-0.15, -0.1) is 0 Å². The van der Waals surface area contributed by atoms with E-state index in [4.69, 9.17) is 10.00 Å². The van der Waals surface area contributed by atoms with Gasteiger partial charge in [0.05, 0.1) is 11.6 Å². The average Bonchev–Trinajstić information content (AvgIpc) is 2.63. The molecule has 1 aliphatic rings. The van der Waals surface area contributed by atoms with Crippen molar-refractivity contribution in [1.82, 2.24) is 4.90 Å². The lowest BCUT2D eigenvalue weighted by Gasteiger charge is -2.32. The quantitative estimate of drug-likeness (QED) is 0.874. The van der Waals surface area contributed by atoms with E-state index in [1.165, 1.54) is 0 Å². The van der Waals surface area contributed by atoms with Crippen LogP contribution in [-0.2, 0) is 0 Å². The average molecular weight is 306 g/mol. The summed E-state index contributed by atoms with van der Waals surface area (Å²) >= 11 is 0. The van der Waals surface area contributed by atoms with Gasteiger partial charge in [0, 0.05) is 31.5 Å². The van der Waals surface area contributed by atoms with E-state index in [1.54, 1.807) is 24.3 Å². The van der Waals surface area contributed by atoms with Gasteiger partial charge >= 0.3 is 0 Å². The zero-order chi connectivity index (χ0) is 16.1. The van der Waals surface area contributed by atoms with Crippen molar-refractivity contribution in [3.05, 3.63) is 65.7 Å². The highest BCUT2D eigenvalue weighted by atomic mass is 16.5. The highest BCUT2D eigenvalue weighted by Gasteiger charge is 2.24. The van der Waals surface area contributed by atoms with Crippen molar-refractivity contribution in [2.45, 2.75) is 18.9 Å². The molecule has 0 spiro atoms. The molecule has 1 aliphatic heterocycles. The van der Waals surface area contributed by atoms with Gasteiger partial charge in [0.1, 0.15) is 11.9 Å². The van der Waals surface area contributed by atoms with Crippen molar-refractivity contribution in [2.75, 3.05) is 13.1 Å². The maximum atomic E-state index is 12.5. The van der Waals surface area contributed by atoms with Crippen LogP contribution in [0.15, 0.2) is 54.6 Å². The molecule has 1 heterocycles. The normalized spacial score (nSPS) is 15.0. The summed E-state index contributed by atoms with van der Waals surface area (Å²) in [6.45, 7) is 1.35. The Bertz CT molecular complexity index is 714. The molecular weight excluding hydrogens is 288 g/mol. The Hall–Kier alpha value is -2.80. The number of benzene rings is 2. The molecule has 0 bridgehead atoms. The number of carbonyl (C=O) groups excluding carboxylic acids is 1. The first kappa shape index (κ1) is 15.1. The van der Waals surface area contributed by atoms with Crippen molar-refractivity contribution in [3.63, 3.8) is 0 Å². The summed E-state index contributed by atoms with van der Waals surface area (Å²) in [7, 11) is 0. The molecule has 1 amide bonds. The maximum Gasteiger partial charge on any atom is 0.253 e. The second-order valence-electron chi connectivity index (χ2n) is 5.62. The lowest BCUT2D eigenvalue weighted by molar-refractivity contribution is 0.0595. The van der Waals surface area contributed by atoms with Crippen LogP contribution in [0.3, 0.4) is 0 Å². The molecule has 1 fully saturated rings. The van der Waals surface area contributed by atoms with E-state index >= 15 is 0 Å². The molecule has 0 N–H and O–H groups in total. The van der Waals surface area contributed by atoms with Gasteiger partial charge in [-0.25, -0.2) is 0 Å². The topological polar surface area (TPSA) is 53.3 Å². The molecular formula is C19H18N2O2. The SMILES string of the molecule is N#Cc1cccc(C(=O)N2CCC(Oc3ccccc3)CC2)c1. The molecule has 0 saturated carbocycles. The number of nitrogens with zero attached hydrogens (tertiary/aromatic N) is 2. The Labute approximate surface area is 135 Å². The summed E-state index contributed by atoms with van der Waals surface area (Å²) < 4.78 is 5.94. The lowest BCUT2D eigenvalue weighted by Crippen LogP contribution is -2.41. The third-order valence-electron chi connectivity index (χ3n) is 4.01. The predicted octanol–water partition coefficient (Wildman–Crippen LogP) is 3.24. The van der Waals surface area contributed by atoms with Crippen molar-refractivity contribution >= 4 is 5.91 Å². The fraction of sp³-hybridized carbons (Fsp3) is 0.263. The molecule has 3 rings (SSSR count). The van der Waals surface area contributed by atoms with Crippen LogP contribution in [0.1, 0.15) is 28.8 Å². The summed E-state index contributed by atoms with van der Waals surface area (Å²) in [4.78, 5) is 14.3. The third kappa shape index (κ3) is 3.70. The number of carbonyl (C=O) groups is 1. The molecule has 0 unspecified atom stereocenters. The Morgan fingerprint density at radius 1 is 1.09 bits per heavy atom. The van der Waals surface area contributed by atoms with E-state index in [9.17, 15) is 4.79 Å². The standard InChI is InChI=1S/C19H18N2O2/c20-14-15-5-4-6-16(13-15)19(22)21-11-9-18(10-12-21)23-17-7-2-1-3-8-17/h1-8,13,18H,9-12H2. The highest BCUT2D eigenvalue weighted by molar-refractivity contribution is 5.94. The lowest BCUT2D eigenvalue weighted by atomic mass is 10.1. The van der Waals surface area contributed by atoms with E-state index in [-0.39, 0.29) is 12.0 Å². The van der Waals surface area contributed by atoms with Crippen molar-refractivity contribution < 1.29 is 9.53 Å².